The van der Waals surface area contributed by atoms with Crippen LogP contribution in [0.2, 0.25) is 0 Å². The largest absolute Gasteiger partial charge is 0.480 e. The Balaban J connectivity index is 2.13. The fourth-order valence-electron chi connectivity index (χ4n) is 2.57. The van der Waals surface area contributed by atoms with Crippen LogP contribution < -0.4 is 0 Å². The first kappa shape index (κ1) is 13.5. The Morgan fingerprint density at radius 3 is 3.22 bits per heavy atom. The zero-order valence-electron chi connectivity index (χ0n) is 10.6. The summed E-state index contributed by atoms with van der Waals surface area (Å²) in [7, 11) is 1.65. The molecule has 1 aromatic heterocycles. The lowest BCUT2D eigenvalue weighted by Gasteiger charge is -2.33. The van der Waals surface area contributed by atoms with Crippen LogP contribution in [-0.2, 0) is 16.0 Å². The maximum Gasteiger partial charge on any atom is 0.317 e. The van der Waals surface area contributed by atoms with E-state index in [-0.39, 0.29) is 12.6 Å². The lowest BCUT2D eigenvalue weighted by molar-refractivity contribution is -0.139. The Morgan fingerprint density at radius 1 is 1.67 bits per heavy atom. The summed E-state index contributed by atoms with van der Waals surface area (Å²) in [6.45, 7) is 1.33. The molecule has 1 heterocycles. The van der Waals surface area contributed by atoms with Gasteiger partial charge in [0.15, 0.2) is 0 Å². The number of ether oxygens (including phenoxy) is 1. The van der Waals surface area contributed by atoms with Crippen LogP contribution in [0.15, 0.2) is 11.4 Å². The average molecular weight is 269 g/mol. The van der Waals surface area contributed by atoms with Gasteiger partial charge >= 0.3 is 5.97 Å². The number of nitrogens with zero attached hydrogens (tertiary/aromatic N) is 1. The van der Waals surface area contributed by atoms with E-state index in [0.717, 1.165) is 19.3 Å². The zero-order chi connectivity index (χ0) is 13.0. The molecule has 1 atom stereocenters. The molecule has 1 aliphatic carbocycles. The molecule has 18 heavy (non-hydrogen) atoms. The molecule has 5 heteroatoms. The van der Waals surface area contributed by atoms with Gasteiger partial charge in [-0.25, -0.2) is 0 Å². The van der Waals surface area contributed by atoms with E-state index >= 15 is 0 Å². The second kappa shape index (κ2) is 6.31. The third kappa shape index (κ3) is 3.10. The molecule has 2 rings (SSSR count). The molecule has 1 N–H and O–H groups in total. The van der Waals surface area contributed by atoms with Crippen molar-refractivity contribution in [2.45, 2.75) is 25.3 Å². The van der Waals surface area contributed by atoms with Crippen LogP contribution in [0.4, 0.5) is 0 Å². The van der Waals surface area contributed by atoms with Gasteiger partial charge in [0.05, 0.1) is 13.2 Å². The van der Waals surface area contributed by atoms with E-state index < -0.39 is 5.97 Å². The van der Waals surface area contributed by atoms with Gasteiger partial charge in [-0.2, -0.15) is 0 Å². The smallest absolute Gasteiger partial charge is 0.317 e. The van der Waals surface area contributed by atoms with E-state index in [1.54, 1.807) is 18.4 Å². The summed E-state index contributed by atoms with van der Waals surface area (Å²) >= 11 is 1.78. The van der Waals surface area contributed by atoms with E-state index in [2.05, 4.69) is 11.4 Å². The van der Waals surface area contributed by atoms with Gasteiger partial charge in [0.2, 0.25) is 0 Å². The summed E-state index contributed by atoms with van der Waals surface area (Å²) in [5.41, 5.74) is 1.32. The summed E-state index contributed by atoms with van der Waals surface area (Å²) in [4.78, 5) is 14.4. The molecular formula is C13H19NO3S. The predicted octanol–water partition coefficient (Wildman–Crippen LogP) is 2.16. The topological polar surface area (TPSA) is 49.8 Å². The van der Waals surface area contributed by atoms with Crippen molar-refractivity contribution < 1.29 is 14.6 Å². The van der Waals surface area contributed by atoms with E-state index in [9.17, 15) is 4.79 Å². The number of aryl methyl sites for hydroxylation is 1. The van der Waals surface area contributed by atoms with Crippen LogP contribution in [0, 0.1) is 0 Å². The van der Waals surface area contributed by atoms with Gasteiger partial charge in [-0.05, 0) is 36.3 Å². The molecule has 0 saturated carbocycles. The van der Waals surface area contributed by atoms with Crippen molar-refractivity contribution in [2.75, 3.05) is 26.8 Å². The number of methoxy groups -OCH3 is 1. The lowest BCUT2D eigenvalue weighted by Crippen LogP contribution is -2.37. The molecule has 4 nitrogen and oxygen atoms in total. The number of carboxylic acid groups (broad SMARTS) is 1. The van der Waals surface area contributed by atoms with Gasteiger partial charge in [0, 0.05) is 24.6 Å². The van der Waals surface area contributed by atoms with E-state index in [0.29, 0.717) is 13.2 Å². The Morgan fingerprint density at radius 2 is 2.50 bits per heavy atom. The maximum absolute atomic E-state index is 11.0. The van der Waals surface area contributed by atoms with E-state index in [1.807, 2.05) is 4.90 Å². The highest BCUT2D eigenvalue weighted by Gasteiger charge is 2.27. The average Bonchev–Trinajstić information content (AvgIpc) is 2.82. The number of hydrogen-bond donors (Lipinski definition) is 1. The summed E-state index contributed by atoms with van der Waals surface area (Å²) < 4.78 is 5.08. The third-order valence-corrected chi connectivity index (χ3v) is 4.38. The number of rotatable bonds is 6. The molecule has 0 saturated heterocycles. The van der Waals surface area contributed by atoms with Crippen LogP contribution >= 0.6 is 11.3 Å². The highest BCUT2D eigenvalue weighted by Crippen LogP contribution is 2.36. The number of aliphatic carboxylic acids is 1. The van der Waals surface area contributed by atoms with Crippen molar-refractivity contribution >= 4 is 17.3 Å². The molecule has 0 amide bonds. The summed E-state index contributed by atoms with van der Waals surface area (Å²) in [6, 6.07) is 2.39. The molecule has 100 valence electrons. The first-order chi connectivity index (χ1) is 8.72. The van der Waals surface area contributed by atoms with E-state index in [1.165, 1.54) is 10.4 Å². The van der Waals surface area contributed by atoms with Crippen LogP contribution in [0.1, 0.15) is 29.3 Å². The highest BCUT2D eigenvalue weighted by atomic mass is 32.1. The van der Waals surface area contributed by atoms with Gasteiger partial charge < -0.3 is 9.84 Å². The molecule has 0 fully saturated rings. The van der Waals surface area contributed by atoms with Crippen molar-refractivity contribution in [1.29, 1.82) is 0 Å². The van der Waals surface area contributed by atoms with Gasteiger partial charge in [-0.3, -0.25) is 9.69 Å². The molecule has 1 aliphatic rings. The summed E-state index contributed by atoms with van der Waals surface area (Å²) in [5.74, 6) is -0.770. The predicted molar refractivity (Wildman–Crippen MR) is 71.1 cm³/mol. The van der Waals surface area contributed by atoms with Crippen molar-refractivity contribution in [3.05, 3.63) is 21.9 Å². The minimum Gasteiger partial charge on any atom is -0.480 e. The normalized spacial score (nSPS) is 18.9. The maximum atomic E-state index is 11.0. The van der Waals surface area contributed by atoms with Gasteiger partial charge in [0.25, 0.3) is 0 Å². The zero-order valence-corrected chi connectivity index (χ0v) is 11.4. The van der Waals surface area contributed by atoms with Gasteiger partial charge in [-0.1, -0.05) is 0 Å². The van der Waals surface area contributed by atoms with Crippen LogP contribution in [0.25, 0.3) is 0 Å². The first-order valence-electron chi connectivity index (χ1n) is 6.23. The molecule has 0 bridgehead atoms. The molecule has 1 aromatic rings. The highest BCUT2D eigenvalue weighted by molar-refractivity contribution is 7.10. The van der Waals surface area contributed by atoms with Gasteiger partial charge in [0.1, 0.15) is 0 Å². The lowest BCUT2D eigenvalue weighted by atomic mass is 9.92. The third-order valence-electron chi connectivity index (χ3n) is 3.38. The monoisotopic (exact) mass is 269 g/mol. The molecule has 0 spiro atoms. The SMILES string of the molecule is COCCN(CC(=O)O)C1CCCc2sccc21. The van der Waals surface area contributed by atoms with E-state index in [4.69, 9.17) is 9.84 Å². The van der Waals surface area contributed by atoms with Crippen LogP contribution in [0.3, 0.4) is 0 Å². The quantitative estimate of drug-likeness (QED) is 0.860. The minimum absolute atomic E-state index is 0.0866. The number of hydrogen-bond acceptors (Lipinski definition) is 4. The molecule has 0 aromatic carbocycles. The molecule has 0 radical (unpaired) electrons. The molecule has 0 aliphatic heterocycles. The summed E-state index contributed by atoms with van der Waals surface area (Å²) in [5, 5.41) is 11.1. The first-order valence-corrected chi connectivity index (χ1v) is 7.11. The Hall–Kier alpha value is -0.910. The number of carboxylic acids is 1. The number of carbonyl (C=O) groups is 1. The molecular weight excluding hydrogens is 250 g/mol. The minimum atomic E-state index is -0.770. The fraction of sp³-hybridized carbons (Fsp3) is 0.615. The standard InChI is InChI=1S/C13H19NO3S/c1-17-7-6-14(9-13(15)16)11-3-2-4-12-10(11)5-8-18-12/h5,8,11H,2-4,6-7,9H2,1H3,(H,15,16). The summed E-state index contributed by atoms with van der Waals surface area (Å²) in [6.07, 6.45) is 3.32. The molecule has 1 unspecified atom stereocenters. The van der Waals surface area contributed by atoms with Crippen molar-refractivity contribution in [3.63, 3.8) is 0 Å². The fourth-order valence-corrected chi connectivity index (χ4v) is 3.55. The van der Waals surface area contributed by atoms with Crippen molar-refractivity contribution in [1.82, 2.24) is 4.90 Å². The van der Waals surface area contributed by atoms with Gasteiger partial charge in [-0.15, -0.1) is 11.3 Å². The van der Waals surface area contributed by atoms with Crippen molar-refractivity contribution in [3.8, 4) is 0 Å². The number of thiophene rings is 1. The Bertz CT molecular complexity index is 405. The second-order valence-electron chi connectivity index (χ2n) is 4.56. The Kier molecular flexibility index (Phi) is 4.74. The number of fused-ring (bicyclic) bond motifs is 1. The van der Waals surface area contributed by atoms with Crippen LogP contribution in [-0.4, -0.2) is 42.8 Å². The Labute approximate surface area is 111 Å². The van der Waals surface area contributed by atoms with Crippen LogP contribution in [0.5, 0.6) is 0 Å². The second-order valence-corrected chi connectivity index (χ2v) is 5.56. The van der Waals surface area contributed by atoms with Crippen molar-refractivity contribution in [2.24, 2.45) is 0 Å².